The van der Waals surface area contributed by atoms with Crippen LogP contribution in [0.25, 0.3) is 16.8 Å². The second-order valence-corrected chi connectivity index (χ2v) is 5.96. The molecule has 0 spiro atoms. The van der Waals surface area contributed by atoms with Crippen molar-refractivity contribution in [2.24, 2.45) is 0 Å². The van der Waals surface area contributed by atoms with Crippen LogP contribution >= 0.6 is 12.2 Å². The number of carbonyl (C=O) groups excluding carboxylic acids is 1. The Balaban J connectivity index is 1.70. The Morgan fingerprint density at radius 3 is 2.38 bits per heavy atom. The maximum absolute atomic E-state index is 12.7. The van der Waals surface area contributed by atoms with Crippen LogP contribution in [0.2, 0.25) is 0 Å². The lowest BCUT2D eigenvalue weighted by Gasteiger charge is -2.13. The molecule has 1 amide bonds. The molecule has 3 aromatic rings. The number of nitrogens with one attached hydrogen (secondary N) is 1. The highest BCUT2D eigenvalue weighted by Crippen LogP contribution is 2.23. The smallest absolute Gasteiger partial charge is 0.281 e. The third kappa shape index (κ3) is 2.57. The van der Waals surface area contributed by atoms with E-state index in [-0.39, 0.29) is 5.91 Å². The fraction of sp³-hybridized carbons (Fsp3) is 0. The van der Waals surface area contributed by atoms with Gasteiger partial charge in [0.05, 0.1) is 5.69 Å². The van der Waals surface area contributed by atoms with Gasteiger partial charge in [-0.1, -0.05) is 54.6 Å². The van der Waals surface area contributed by atoms with Gasteiger partial charge >= 0.3 is 0 Å². The summed E-state index contributed by atoms with van der Waals surface area (Å²) in [6, 6.07) is 23.7. The molecule has 4 rings (SSSR count). The number of thiocarbonyl (C=S) groups is 1. The normalized spacial score (nSPS) is 16.0. The Morgan fingerprint density at radius 1 is 0.875 bits per heavy atom. The number of carbonyl (C=O) groups is 1. The zero-order chi connectivity index (χ0) is 16.5. The highest BCUT2D eigenvalue weighted by molar-refractivity contribution is 7.80. The lowest BCUT2D eigenvalue weighted by Crippen LogP contribution is -2.30. The van der Waals surface area contributed by atoms with E-state index in [0.717, 1.165) is 16.6 Å². The number of anilines is 1. The summed E-state index contributed by atoms with van der Waals surface area (Å²) in [4.78, 5) is 14.2. The van der Waals surface area contributed by atoms with Crippen molar-refractivity contribution in [2.45, 2.75) is 0 Å². The van der Waals surface area contributed by atoms with Gasteiger partial charge in [0.1, 0.15) is 5.70 Å². The number of amides is 1. The number of rotatable bonds is 2. The first-order chi connectivity index (χ1) is 11.7. The van der Waals surface area contributed by atoms with Crippen molar-refractivity contribution >= 4 is 45.8 Å². The fourth-order valence-electron chi connectivity index (χ4n) is 2.81. The zero-order valence-corrected chi connectivity index (χ0v) is 13.6. The van der Waals surface area contributed by atoms with Gasteiger partial charge in [-0.25, -0.2) is 0 Å². The molecular weight excluding hydrogens is 316 g/mol. The van der Waals surface area contributed by atoms with E-state index in [1.54, 1.807) is 0 Å². The van der Waals surface area contributed by atoms with E-state index < -0.39 is 0 Å². The third-order valence-electron chi connectivity index (χ3n) is 3.98. The molecule has 0 unspecified atom stereocenters. The van der Waals surface area contributed by atoms with Gasteiger partial charge in [0.25, 0.3) is 5.91 Å². The Labute approximate surface area is 145 Å². The Hall–Kier alpha value is -2.98. The first kappa shape index (κ1) is 14.6. The summed E-state index contributed by atoms with van der Waals surface area (Å²) in [6.45, 7) is 0. The van der Waals surface area contributed by atoms with E-state index in [0.29, 0.717) is 10.8 Å². The van der Waals surface area contributed by atoms with Crippen LogP contribution in [0.5, 0.6) is 0 Å². The molecule has 3 nitrogen and oxygen atoms in total. The van der Waals surface area contributed by atoms with Crippen molar-refractivity contribution in [3.8, 4) is 0 Å². The monoisotopic (exact) mass is 330 g/mol. The van der Waals surface area contributed by atoms with Crippen LogP contribution in [0.15, 0.2) is 78.5 Å². The summed E-state index contributed by atoms with van der Waals surface area (Å²) in [6.07, 6.45) is 1.84. The Kier molecular flexibility index (Phi) is 3.59. The molecule has 1 aliphatic heterocycles. The Bertz CT molecular complexity index is 979. The predicted octanol–water partition coefficient (Wildman–Crippen LogP) is 4.10. The minimum atomic E-state index is -0.139. The van der Waals surface area contributed by atoms with Crippen LogP contribution in [0, 0.1) is 0 Å². The van der Waals surface area contributed by atoms with Gasteiger partial charge in [0, 0.05) is 0 Å². The minimum absolute atomic E-state index is 0.139. The molecule has 116 valence electrons. The van der Waals surface area contributed by atoms with Gasteiger partial charge in [-0.2, -0.15) is 0 Å². The van der Waals surface area contributed by atoms with Crippen molar-refractivity contribution in [1.29, 1.82) is 0 Å². The number of fused-ring (bicyclic) bond motifs is 1. The molecule has 1 N–H and O–H groups in total. The summed E-state index contributed by atoms with van der Waals surface area (Å²) in [5.41, 5.74) is 2.21. The van der Waals surface area contributed by atoms with Crippen LogP contribution < -0.4 is 10.2 Å². The van der Waals surface area contributed by atoms with E-state index >= 15 is 0 Å². The van der Waals surface area contributed by atoms with Crippen LogP contribution in [-0.4, -0.2) is 11.0 Å². The lowest BCUT2D eigenvalue weighted by molar-refractivity contribution is -0.113. The SMILES string of the molecule is O=C1/C(=C/c2ccc3ccccc3c2)NC(=S)N1c1ccccc1. The van der Waals surface area contributed by atoms with Crippen LogP contribution in [-0.2, 0) is 4.79 Å². The van der Waals surface area contributed by atoms with Gasteiger partial charge in [-0.15, -0.1) is 0 Å². The molecular formula is C20H14N2OS. The summed E-state index contributed by atoms with van der Waals surface area (Å²) < 4.78 is 0. The molecule has 0 bridgehead atoms. The molecule has 1 heterocycles. The zero-order valence-electron chi connectivity index (χ0n) is 12.8. The van der Waals surface area contributed by atoms with Gasteiger partial charge in [-0.3, -0.25) is 9.69 Å². The van der Waals surface area contributed by atoms with Gasteiger partial charge in [0.15, 0.2) is 5.11 Å². The van der Waals surface area contributed by atoms with Crippen molar-refractivity contribution in [3.05, 3.63) is 84.1 Å². The fourth-order valence-corrected chi connectivity index (χ4v) is 3.11. The summed E-state index contributed by atoms with van der Waals surface area (Å²) >= 11 is 5.32. The first-order valence-corrected chi connectivity index (χ1v) is 8.04. The maximum atomic E-state index is 12.7. The number of para-hydroxylation sites is 1. The summed E-state index contributed by atoms with van der Waals surface area (Å²) in [5, 5.41) is 5.73. The van der Waals surface area contributed by atoms with E-state index in [2.05, 4.69) is 29.6 Å². The average Bonchev–Trinajstić information content (AvgIpc) is 2.89. The second-order valence-electron chi connectivity index (χ2n) is 5.57. The Morgan fingerprint density at radius 2 is 1.58 bits per heavy atom. The van der Waals surface area contributed by atoms with Crippen molar-refractivity contribution < 1.29 is 4.79 Å². The highest BCUT2D eigenvalue weighted by Gasteiger charge is 2.31. The largest absolute Gasteiger partial charge is 0.327 e. The van der Waals surface area contributed by atoms with Crippen molar-refractivity contribution in [1.82, 2.24) is 5.32 Å². The molecule has 0 aliphatic carbocycles. The molecule has 1 aliphatic rings. The van der Waals surface area contributed by atoms with Crippen LogP contribution in [0.4, 0.5) is 5.69 Å². The number of hydrogen-bond donors (Lipinski definition) is 1. The maximum Gasteiger partial charge on any atom is 0.281 e. The third-order valence-corrected chi connectivity index (χ3v) is 4.26. The second kappa shape index (κ2) is 5.91. The van der Waals surface area contributed by atoms with Crippen molar-refractivity contribution in [3.63, 3.8) is 0 Å². The first-order valence-electron chi connectivity index (χ1n) is 7.63. The summed E-state index contributed by atoms with van der Waals surface area (Å²) in [7, 11) is 0. The van der Waals surface area contributed by atoms with Gasteiger partial charge in [0.2, 0.25) is 0 Å². The number of nitrogens with zero attached hydrogens (tertiary/aromatic N) is 1. The van der Waals surface area contributed by atoms with Gasteiger partial charge < -0.3 is 5.32 Å². The molecule has 24 heavy (non-hydrogen) atoms. The molecule has 4 heteroatoms. The number of benzene rings is 3. The molecule has 1 fully saturated rings. The minimum Gasteiger partial charge on any atom is -0.327 e. The lowest BCUT2D eigenvalue weighted by atomic mass is 10.1. The molecule has 0 radical (unpaired) electrons. The van der Waals surface area contributed by atoms with Crippen LogP contribution in [0.1, 0.15) is 5.56 Å². The predicted molar refractivity (Wildman–Crippen MR) is 102 cm³/mol. The standard InChI is InChI=1S/C20H14N2OS/c23-19-18(21-20(24)22(19)17-8-2-1-3-9-17)13-14-10-11-15-6-4-5-7-16(15)12-14/h1-13H,(H,21,24)/b18-13-. The van der Waals surface area contributed by atoms with E-state index in [9.17, 15) is 4.79 Å². The van der Waals surface area contributed by atoms with E-state index in [4.69, 9.17) is 12.2 Å². The molecule has 3 aromatic carbocycles. The average molecular weight is 330 g/mol. The quantitative estimate of drug-likeness (QED) is 0.567. The van der Waals surface area contributed by atoms with Crippen LogP contribution in [0.3, 0.4) is 0 Å². The van der Waals surface area contributed by atoms with E-state index in [1.807, 2.05) is 54.6 Å². The van der Waals surface area contributed by atoms with Crippen molar-refractivity contribution in [2.75, 3.05) is 4.90 Å². The molecule has 1 saturated heterocycles. The number of hydrogen-bond acceptors (Lipinski definition) is 2. The van der Waals surface area contributed by atoms with Gasteiger partial charge in [-0.05, 0) is 52.8 Å². The molecule has 0 aromatic heterocycles. The summed E-state index contributed by atoms with van der Waals surface area (Å²) in [5.74, 6) is -0.139. The highest BCUT2D eigenvalue weighted by atomic mass is 32.1. The topological polar surface area (TPSA) is 32.3 Å². The molecule has 0 saturated carbocycles. The van der Waals surface area contributed by atoms with E-state index in [1.165, 1.54) is 10.3 Å². The molecule has 0 atom stereocenters.